The minimum absolute atomic E-state index is 0.296. The highest BCUT2D eigenvalue weighted by Crippen LogP contribution is 2.24. The Labute approximate surface area is 151 Å². The largest absolute Gasteiger partial charge is 0.481 e. The number of carbonyl (C=O) groups excluding carboxylic acids is 2. The number of halogens is 1. The predicted octanol–water partition coefficient (Wildman–Crippen LogP) is 4.15. The number of hydrogen-bond acceptors (Lipinski definition) is 4. The average molecular weight is 362 g/mol. The molecule has 132 valence electrons. The second-order valence-electron chi connectivity index (χ2n) is 5.76. The summed E-state index contributed by atoms with van der Waals surface area (Å²) in [6.45, 7) is 5.57. The Morgan fingerprint density at radius 2 is 1.72 bits per heavy atom. The van der Waals surface area contributed by atoms with Crippen LogP contribution in [0.25, 0.3) is 0 Å². The molecule has 1 atom stereocenters. The van der Waals surface area contributed by atoms with Crippen molar-refractivity contribution in [3.63, 3.8) is 0 Å². The fraction of sp³-hybridized carbons (Fsp3) is 0.263. The van der Waals surface area contributed by atoms with Crippen LogP contribution < -0.4 is 10.1 Å². The van der Waals surface area contributed by atoms with Gasteiger partial charge in [0.2, 0.25) is 0 Å². The van der Waals surface area contributed by atoms with E-state index in [1.807, 2.05) is 32.0 Å². The van der Waals surface area contributed by atoms with Crippen LogP contribution in [0.5, 0.6) is 5.75 Å². The maximum atomic E-state index is 12.4. The number of hydrogen-bond donors (Lipinski definition) is 1. The van der Waals surface area contributed by atoms with Crippen molar-refractivity contribution in [1.29, 1.82) is 0 Å². The van der Waals surface area contributed by atoms with Crippen molar-refractivity contribution in [1.82, 2.24) is 0 Å². The van der Waals surface area contributed by atoms with Crippen molar-refractivity contribution in [2.24, 2.45) is 0 Å². The van der Waals surface area contributed by atoms with Crippen LogP contribution in [0.2, 0.25) is 5.02 Å². The molecule has 1 amide bonds. The molecule has 0 radical (unpaired) electrons. The van der Waals surface area contributed by atoms with Crippen molar-refractivity contribution in [3.8, 4) is 5.75 Å². The topological polar surface area (TPSA) is 64.6 Å². The van der Waals surface area contributed by atoms with Crippen molar-refractivity contribution < 1.29 is 19.1 Å². The third kappa shape index (κ3) is 4.97. The smallest absolute Gasteiger partial charge is 0.337 e. The van der Waals surface area contributed by atoms with Gasteiger partial charge in [0.1, 0.15) is 5.75 Å². The van der Waals surface area contributed by atoms with Gasteiger partial charge in [0, 0.05) is 0 Å². The molecule has 0 saturated heterocycles. The zero-order valence-corrected chi connectivity index (χ0v) is 15.3. The van der Waals surface area contributed by atoms with E-state index in [4.69, 9.17) is 16.3 Å². The van der Waals surface area contributed by atoms with Crippen molar-refractivity contribution in [2.75, 3.05) is 12.4 Å². The highest BCUT2D eigenvalue weighted by molar-refractivity contribution is 6.33. The first-order valence-corrected chi connectivity index (χ1v) is 8.11. The number of benzene rings is 2. The summed E-state index contributed by atoms with van der Waals surface area (Å²) in [4.78, 5) is 24.0. The van der Waals surface area contributed by atoms with Crippen LogP contribution in [0.4, 0.5) is 5.69 Å². The Kier molecular flexibility index (Phi) is 6.04. The van der Waals surface area contributed by atoms with E-state index in [9.17, 15) is 9.59 Å². The van der Waals surface area contributed by atoms with E-state index in [1.165, 1.54) is 25.3 Å². The van der Waals surface area contributed by atoms with E-state index >= 15 is 0 Å². The molecule has 2 rings (SSSR count). The van der Waals surface area contributed by atoms with Crippen LogP contribution >= 0.6 is 11.6 Å². The van der Waals surface area contributed by atoms with Gasteiger partial charge in [-0.25, -0.2) is 4.79 Å². The van der Waals surface area contributed by atoms with Gasteiger partial charge in [-0.1, -0.05) is 17.7 Å². The molecule has 0 saturated carbocycles. The Balaban J connectivity index is 2.11. The molecule has 0 aliphatic rings. The molecular weight excluding hydrogens is 342 g/mol. The van der Waals surface area contributed by atoms with Gasteiger partial charge in [-0.15, -0.1) is 0 Å². The monoisotopic (exact) mass is 361 g/mol. The van der Waals surface area contributed by atoms with E-state index in [0.29, 0.717) is 22.0 Å². The molecule has 0 bridgehead atoms. The number of aryl methyl sites for hydroxylation is 2. The fourth-order valence-electron chi connectivity index (χ4n) is 2.36. The molecule has 25 heavy (non-hydrogen) atoms. The maximum Gasteiger partial charge on any atom is 0.337 e. The fourth-order valence-corrected chi connectivity index (χ4v) is 2.52. The van der Waals surface area contributed by atoms with E-state index < -0.39 is 12.1 Å². The Bertz CT molecular complexity index is 784. The summed E-state index contributed by atoms with van der Waals surface area (Å²) in [6, 6.07) is 10.3. The van der Waals surface area contributed by atoms with Gasteiger partial charge >= 0.3 is 5.97 Å². The molecule has 0 aliphatic heterocycles. The zero-order chi connectivity index (χ0) is 18.6. The lowest BCUT2D eigenvalue weighted by Gasteiger charge is -2.16. The number of rotatable bonds is 5. The van der Waals surface area contributed by atoms with Crippen molar-refractivity contribution >= 4 is 29.2 Å². The minimum Gasteiger partial charge on any atom is -0.481 e. The van der Waals surface area contributed by atoms with Gasteiger partial charge < -0.3 is 14.8 Å². The number of methoxy groups -OCH3 is 1. The van der Waals surface area contributed by atoms with E-state index in [2.05, 4.69) is 10.1 Å². The summed E-state index contributed by atoms with van der Waals surface area (Å²) < 4.78 is 10.4. The highest BCUT2D eigenvalue weighted by atomic mass is 35.5. The van der Waals surface area contributed by atoms with Crippen LogP contribution in [-0.2, 0) is 9.53 Å². The summed E-state index contributed by atoms with van der Waals surface area (Å²) in [7, 11) is 1.29. The molecule has 0 aromatic heterocycles. The Morgan fingerprint density at radius 1 is 1.08 bits per heavy atom. The number of amides is 1. The number of ether oxygens (including phenoxy) is 2. The molecule has 0 spiro atoms. The third-order valence-electron chi connectivity index (χ3n) is 3.52. The first-order chi connectivity index (χ1) is 11.8. The van der Waals surface area contributed by atoms with Crippen molar-refractivity contribution in [2.45, 2.75) is 26.9 Å². The number of carbonyl (C=O) groups is 2. The van der Waals surface area contributed by atoms with Crippen LogP contribution in [-0.4, -0.2) is 25.1 Å². The van der Waals surface area contributed by atoms with Crippen LogP contribution in [0, 0.1) is 13.8 Å². The third-order valence-corrected chi connectivity index (χ3v) is 3.85. The van der Waals surface area contributed by atoms with Gasteiger partial charge in [0.15, 0.2) is 6.10 Å². The maximum absolute atomic E-state index is 12.4. The van der Waals surface area contributed by atoms with Gasteiger partial charge in [-0.05, 0) is 62.2 Å². The summed E-state index contributed by atoms with van der Waals surface area (Å²) in [5, 5.41) is 2.99. The molecule has 0 unspecified atom stereocenters. The second-order valence-corrected chi connectivity index (χ2v) is 6.17. The predicted molar refractivity (Wildman–Crippen MR) is 97.4 cm³/mol. The van der Waals surface area contributed by atoms with Gasteiger partial charge in [-0.2, -0.15) is 0 Å². The highest BCUT2D eigenvalue weighted by Gasteiger charge is 2.17. The Hall–Kier alpha value is -2.53. The first kappa shape index (κ1) is 18.8. The van der Waals surface area contributed by atoms with E-state index in [-0.39, 0.29) is 5.91 Å². The molecule has 0 fully saturated rings. The second kappa shape index (κ2) is 8.03. The molecule has 2 aromatic carbocycles. The van der Waals surface area contributed by atoms with Crippen molar-refractivity contribution in [3.05, 3.63) is 58.1 Å². The lowest BCUT2D eigenvalue weighted by molar-refractivity contribution is -0.122. The van der Waals surface area contributed by atoms with E-state index in [0.717, 1.165) is 11.1 Å². The average Bonchev–Trinajstić information content (AvgIpc) is 2.55. The Morgan fingerprint density at radius 3 is 2.32 bits per heavy atom. The van der Waals surface area contributed by atoms with E-state index in [1.54, 1.807) is 6.92 Å². The number of nitrogens with one attached hydrogen (secondary N) is 1. The summed E-state index contributed by atoms with van der Waals surface area (Å²) >= 11 is 6.09. The summed E-state index contributed by atoms with van der Waals surface area (Å²) in [6.07, 6.45) is -0.737. The molecule has 0 aliphatic carbocycles. The van der Waals surface area contributed by atoms with Gasteiger partial charge in [0.25, 0.3) is 5.91 Å². The van der Waals surface area contributed by atoms with Crippen LogP contribution in [0.15, 0.2) is 36.4 Å². The quantitative estimate of drug-likeness (QED) is 0.812. The molecule has 2 aromatic rings. The molecular formula is C19H20ClNO4. The summed E-state index contributed by atoms with van der Waals surface area (Å²) in [5.74, 6) is -0.260. The molecule has 1 N–H and O–H groups in total. The first-order valence-electron chi connectivity index (χ1n) is 7.74. The summed E-state index contributed by atoms with van der Waals surface area (Å²) in [5.41, 5.74) is 2.73. The normalized spacial score (nSPS) is 11.6. The SMILES string of the molecule is COC(=O)c1ccc(Cl)c(NC(=O)[C@@H](C)Oc2cc(C)cc(C)c2)c1. The lowest BCUT2D eigenvalue weighted by Crippen LogP contribution is -2.30. The van der Waals surface area contributed by atoms with Gasteiger partial charge in [-0.3, -0.25) is 4.79 Å². The molecule has 6 heteroatoms. The molecule has 5 nitrogen and oxygen atoms in total. The van der Waals surface area contributed by atoms with Gasteiger partial charge in [0.05, 0.1) is 23.4 Å². The number of anilines is 1. The van der Waals surface area contributed by atoms with Crippen LogP contribution in [0.3, 0.4) is 0 Å². The standard InChI is InChI=1S/C19H20ClNO4/c1-11-7-12(2)9-15(8-11)25-13(3)18(22)21-17-10-14(19(23)24-4)5-6-16(17)20/h5-10,13H,1-4H3,(H,21,22)/t13-/m1/s1. The zero-order valence-electron chi connectivity index (χ0n) is 14.6. The molecule has 0 heterocycles. The lowest BCUT2D eigenvalue weighted by atomic mass is 10.1. The van der Waals surface area contributed by atoms with Crippen LogP contribution in [0.1, 0.15) is 28.4 Å². The number of esters is 1. The minimum atomic E-state index is -0.737.